The second-order valence-electron chi connectivity index (χ2n) is 4.26. The molecule has 5 nitrogen and oxygen atoms in total. The molecule has 0 unspecified atom stereocenters. The molecule has 0 aliphatic carbocycles. The first-order chi connectivity index (χ1) is 9.76. The van der Waals surface area contributed by atoms with Gasteiger partial charge in [-0.1, -0.05) is 11.6 Å². The van der Waals surface area contributed by atoms with Gasteiger partial charge in [0.2, 0.25) is 0 Å². The minimum Gasteiger partial charge on any atom is -0.366 e. The van der Waals surface area contributed by atoms with Crippen LogP contribution in [-0.2, 0) is 0 Å². The Kier molecular flexibility index (Phi) is 2.95. The van der Waals surface area contributed by atoms with E-state index in [0.29, 0.717) is 6.04 Å². The first-order valence-corrected chi connectivity index (χ1v) is 6.11. The van der Waals surface area contributed by atoms with Gasteiger partial charge < -0.3 is 15.5 Å². The minimum absolute atomic E-state index is 0.0111. The van der Waals surface area contributed by atoms with Crippen LogP contribution in [0.15, 0.2) is 12.1 Å². The fourth-order valence-corrected chi connectivity index (χ4v) is 2.28. The molecule has 98 valence electrons. The quantitative estimate of drug-likeness (QED) is 0.785. The van der Waals surface area contributed by atoms with Gasteiger partial charge in [-0.25, -0.2) is 4.98 Å². The molecule has 1 aromatic heterocycles. The van der Waals surface area contributed by atoms with Gasteiger partial charge >= 0.3 is 0 Å². The number of piperazine rings is 1. The van der Waals surface area contributed by atoms with Crippen molar-refractivity contribution in [3.63, 3.8) is 0 Å². The molecule has 1 saturated heterocycles. The van der Waals surface area contributed by atoms with E-state index in [2.05, 4.69) is 22.1 Å². The third-order valence-corrected chi connectivity index (χ3v) is 3.16. The second kappa shape index (κ2) is 5.54. The fourth-order valence-electron chi connectivity index (χ4n) is 2.00. The van der Waals surface area contributed by atoms with Crippen molar-refractivity contribution < 1.29 is 8.91 Å². The van der Waals surface area contributed by atoms with Crippen LogP contribution >= 0.6 is 11.6 Å². The lowest BCUT2D eigenvalue weighted by molar-refractivity contribution is 0.0958. The largest absolute Gasteiger partial charge is 0.366 e. The van der Waals surface area contributed by atoms with Crippen molar-refractivity contribution in [2.75, 3.05) is 31.5 Å². The van der Waals surface area contributed by atoms with E-state index in [1.165, 1.54) is 6.07 Å². The molecule has 0 radical (unpaired) electrons. The van der Waals surface area contributed by atoms with Gasteiger partial charge in [0, 0.05) is 36.8 Å². The number of carbonyl (C=O) groups is 1. The lowest BCUT2D eigenvalue weighted by Crippen LogP contribution is -2.49. The average molecular weight is 272 g/mol. The zero-order valence-corrected chi connectivity index (χ0v) is 10.8. The predicted octanol–water partition coefficient (Wildman–Crippen LogP) is 0.893. The maximum Gasteiger partial charge on any atom is 0.269 e. The standard InChI is InChI=1S/C12H17ClN4O/c1-8-7-17(6-5-15-8)10-4-3-9(12(18)14-2)16-11(10)13/h3-4,8,15H,5-7H2,1-2H3,(H,14,18)/t8-/m1/s1/i2D3. The molecule has 1 atom stereocenters. The van der Waals surface area contributed by atoms with Crippen molar-refractivity contribution in [3.05, 3.63) is 23.0 Å². The van der Waals surface area contributed by atoms with Gasteiger partial charge in [0.05, 0.1) is 5.69 Å². The summed E-state index contributed by atoms with van der Waals surface area (Å²) in [6.07, 6.45) is 0. The van der Waals surface area contributed by atoms with Crippen molar-refractivity contribution >= 4 is 23.2 Å². The molecule has 1 amide bonds. The number of anilines is 1. The second-order valence-corrected chi connectivity index (χ2v) is 4.62. The summed E-state index contributed by atoms with van der Waals surface area (Å²) in [5.74, 6) is -0.767. The number of hydrogen-bond donors (Lipinski definition) is 2. The molecule has 0 spiro atoms. The Bertz CT molecular complexity index is 538. The maximum absolute atomic E-state index is 11.7. The maximum atomic E-state index is 11.7. The highest BCUT2D eigenvalue weighted by atomic mass is 35.5. The van der Waals surface area contributed by atoms with Crippen molar-refractivity contribution in [3.8, 4) is 0 Å². The van der Waals surface area contributed by atoms with E-state index in [0.717, 1.165) is 25.3 Å². The lowest BCUT2D eigenvalue weighted by Gasteiger charge is -2.33. The molecule has 1 aliphatic rings. The Morgan fingerprint density at radius 1 is 1.72 bits per heavy atom. The summed E-state index contributed by atoms with van der Waals surface area (Å²) in [7, 11) is 0. The Morgan fingerprint density at radius 2 is 2.56 bits per heavy atom. The summed E-state index contributed by atoms with van der Waals surface area (Å²) in [6, 6.07) is 3.52. The number of amides is 1. The first-order valence-electron chi connectivity index (χ1n) is 7.23. The monoisotopic (exact) mass is 271 g/mol. The van der Waals surface area contributed by atoms with E-state index in [9.17, 15) is 4.79 Å². The van der Waals surface area contributed by atoms with Crippen LogP contribution in [0.25, 0.3) is 0 Å². The van der Waals surface area contributed by atoms with Crippen LogP contribution in [0, 0.1) is 0 Å². The molecule has 0 aromatic carbocycles. The summed E-state index contributed by atoms with van der Waals surface area (Å²) in [5, 5.41) is 5.41. The van der Waals surface area contributed by atoms with Gasteiger partial charge in [-0.15, -0.1) is 0 Å². The number of pyridine rings is 1. The van der Waals surface area contributed by atoms with Crippen molar-refractivity contribution in [1.82, 2.24) is 15.6 Å². The van der Waals surface area contributed by atoms with Crippen LogP contribution in [0.5, 0.6) is 0 Å². The predicted molar refractivity (Wildman–Crippen MR) is 72.3 cm³/mol. The summed E-state index contributed by atoms with van der Waals surface area (Å²) in [5.41, 5.74) is 0.735. The van der Waals surface area contributed by atoms with Gasteiger partial charge in [0.1, 0.15) is 5.69 Å². The third-order valence-electron chi connectivity index (χ3n) is 2.88. The van der Waals surface area contributed by atoms with E-state index in [-0.39, 0.29) is 10.8 Å². The van der Waals surface area contributed by atoms with E-state index in [1.54, 1.807) is 6.07 Å². The van der Waals surface area contributed by atoms with Crippen LogP contribution in [0.4, 0.5) is 5.69 Å². The number of nitrogens with zero attached hydrogens (tertiary/aromatic N) is 2. The summed E-state index contributed by atoms with van der Waals surface area (Å²) >= 11 is 6.13. The van der Waals surface area contributed by atoms with Crippen molar-refractivity contribution in [1.29, 1.82) is 0 Å². The SMILES string of the molecule is [2H]C([2H])([2H])NC(=O)c1ccc(N2CCN[C@H](C)C2)c(Cl)n1. The Labute approximate surface area is 116 Å². The van der Waals surface area contributed by atoms with Crippen LogP contribution < -0.4 is 15.5 Å². The minimum atomic E-state index is -2.54. The number of rotatable bonds is 2. The number of aromatic nitrogens is 1. The van der Waals surface area contributed by atoms with E-state index >= 15 is 0 Å². The Hall–Kier alpha value is -1.33. The molecular weight excluding hydrogens is 252 g/mol. The zero-order valence-electron chi connectivity index (χ0n) is 13.0. The van der Waals surface area contributed by atoms with Gasteiger partial charge in [-0.3, -0.25) is 4.79 Å². The van der Waals surface area contributed by atoms with E-state index in [4.69, 9.17) is 15.7 Å². The fraction of sp³-hybridized carbons (Fsp3) is 0.500. The highest BCUT2D eigenvalue weighted by molar-refractivity contribution is 6.32. The van der Waals surface area contributed by atoms with Crippen molar-refractivity contribution in [2.45, 2.75) is 13.0 Å². The summed E-state index contributed by atoms with van der Waals surface area (Å²) in [4.78, 5) is 17.8. The lowest BCUT2D eigenvalue weighted by atomic mass is 10.2. The van der Waals surface area contributed by atoms with E-state index in [1.807, 2.05) is 5.32 Å². The molecule has 1 fully saturated rings. The van der Waals surface area contributed by atoms with Crippen LogP contribution in [0.1, 0.15) is 21.5 Å². The molecule has 0 bridgehead atoms. The molecular formula is C12H17ClN4O. The average Bonchev–Trinajstić information content (AvgIpc) is 2.36. The van der Waals surface area contributed by atoms with E-state index < -0.39 is 12.9 Å². The van der Waals surface area contributed by atoms with Gasteiger partial charge in [-0.05, 0) is 19.1 Å². The van der Waals surface area contributed by atoms with Gasteiger partial charge in [0.15, 0.2) is 5.15 Å². The summed E-state index contributed by atoms with van der Waals surface area (Å²) in [6.45, 7) is 1.97. The van der Waals surface area contributed by atoms with Crippen LogP contribution in [-0.4, -0.2) is 43.5 Å². The number of hydrogen-bond acceptors (Lipinski definition) is 4. The smallest absolute Gasteiger partial charge is 0.269 e. The third kappa shape index (κ3) is 2.73. The topological polar surface area (TPSA) is 57.3 Å². The first kappa shape index (κ1) is 9.58. The molecule has 0 saturated carbocycles. The zero-order chi connectivity index (χ0) is 15.6. The van der Waals surface area contributed by atoms with Gasteiger partial charge in [-0.2, -0.15) is 0 Å². The number of carbonyl (C=O) groups excluding carboxylic acids is 1. The molecule has 6 heteroatoms. The normalized spacial score (nSPS) is 22.9. The number of nitrogens with one attached hydrogen (secondary N) is 2. The summed E-state index contributed by atoms with van der Waals surface area (Å²) < 4.78 is 21.0. The highest BCUT2D eigenvalue weighted by Gasteiger charge is 2.19. The Morgan fingerprint density at radius 3 is 3.22 bits per heavy atom. The van der Waals surface area contributed by atoms with Crippen molar-refractivity contribution in [2.24, 2.45) is 0 Å². The number of halogens is 1. The van der Waals surface area contributed by atoms with Gasteiger partial charge in [0.25, 0.3) is 5.91 Å². The molecule has 2 rings (SSSR count). The molecule has 1 aromatic rings. The van der Waals surface area contributed by atoms with Crippen LogP contribution in [0.2, 0.25) is 5.15 Å². The van der Waals surface area contributed by atoms with Crippen LogP contribution in [0.3, 0.4) is 0 Å². The molecule has 2 N–H and O–H groups in total. The molecule has 1 aliphatic heterocycles. The Balaban J connectivity index is 2.15. The molecule has 2 heterocycles. The highest BCUT2D eigenvalue weighted by Crippen LogP contribution is 2.25. The molecule has 18 heavy (non-hydrogen) atoms.